The SMILES string of the molecule is CCOc1ccc(C(=O)NC(C)c2ccc(F)cc2)cc1COC. The van der Waals surface area contributed by atoms with Crippen LogP contribution in [0.3, 0.4) is 0 Å². The zero-order valence-electron chi connectivity index (χ0n) is 14.1. The quantitative estimate of drug-likeness (QED) is 0.838. The molecule has 5 heteroatoms. The normalized spacial score (nSPS) is 11.8. The molecule has 2 aromatic carbocycles. The molecular formula is C19H22FNO3. The van der Waals surface area contributed by atoms with Gasteiger partial charge in [-0.2, -0.15) is 0 Å². The molecule has 0 bridgehead atoms. The van der Waals surface area contributed by atoms with Gasteiger partial charge >= 0.3 is 0 Å². The summed E-state index contributed by atoms with van der Waals surface area (Å²) < 4.78 is 23.7. The van der Waals surface area contributed by atoms with Crippen molar-refractivity contribution in [1.29, 1.82) is 0 Å². The Kier molecular flexibility index (Phi) is 6.32. The predicted molar refractivity (Wildman–Crippen MR) is 90.6 cm³/mol. The third-order valence-electron chi connectivity index (χ3n) is 3.64. The van der Waals surface area contributed by atoms with Crippen molar-refractivity contribution in [2.45, 2.75) is 26.5 Å². The van der Waals surface area contributed by atoms with Crippen molar-refractivity contribution in [2.24, 2.45) is 0 Å². The Balaban J connectivity index is 2.13. The van der Waals surface area contributed by atoms with E-state index in [1.54, 1.807) is 37.4 Å². The first-order valence-electron chi connectivity index (χ1n) is 7.86. The van der Waals surface area contributed by atoms with Crippen LogP contribution in [0.25, 0.3) is 0 Å². The van der Waals surface area contributed by atoms with E-state index in [9.17, 15) is 9.18 Å². The van der Waals surface area contributed by atoms with Crippen LogP contribution >= 0.6 is 0 Å². The molecule has 0 aliphatic carbocycles. The van der Waals surface area contributed by atoms with Gasteiger partial charge in [-0.25, -0.2) is 4.39 Å². The van der Waals surface area contributed by atoms with Gasteiger partial charge in [-0.05, 0) is 49.7 Å². The molecule has 0 radical (unpaired) electrons. The van der Waals surface area contributed by atoms with Crippen LogP contribution in [0.5, 0.6) is 5.75 Å². The molecule has 2 aromatic rings. The van der Waals surface area contributed by atoms with Gasteiger partial charge in [0.2, 0.25) is 0 Å². The van der Waals surface area contributed by atoms with Gasteiger partial charge in [0.05, 0.1) is 19.3 Å². The van der Waals surface area contributed by atoms with Crippen LogP contribution in [-0.4, -0.2) is 19.6 Å². The van der Waals surface area contributed by atoms with E-state index >= 15 is 0 Å². The first-order chi connectivity index (χ1) is 11.5. The molecule has 1 N–H and O–H groups in total. The number of hydrogen-bond acceptors (Lipinski definition) is 3. The second-order valence-corrected chi connectivity index (χ2v) is 5.44. The van der Waals surface area contributed by atoms with Gasteiger partial charge in [0, 0.05) is 18.2 Å². The molecule has 0 saturated heterocycles. The minimum atomic E-state index is -0.298. The van der Waals surface area contributed by atoms with Crippen LogP contribution in [0.4, 0.5) is 4.39 Å². The van der Waals surface area contributed by atoms with Crippen LogP contribution in [0.15, 0.2) is 42.5 Å². The summed E-state index contributed by atoms with van der Waals surface area (Å²) >= 11 is 0. The number of methoxy groups -OCH3 is 1. The smallest absolute Gasteiger partial charge is 0.251 e. The average molecular weight is 331 g/mol. The number of nitrogens with one attached hydrogen (secondary N) is 1. The highest BCUT2D eigenvalue weighted by Gasteiger charge is 2.14. The molecule has 1 unspecified atom stereocenters. The Hall–Kier alpha value is -2.40. The number of amides is 1. The predicted octanol–water partition coefficient (Wildman–Crippen LogP) is 3.86. The second-order valence-electron chi connectivity index (χ2n) is 5.44. The molecule has 1 amide bonds. The van der Waals surface area contributed by atoms with E-state index in [-0.39, 0.29) is 17.8 Å². The summed E-state index contributed by atoms with van der Waals surface area (Å²) in [6.45, 7) is 4.67. The van der Waals surface area contributed by atoms with E-state index < -0.39 is 0 Å². The van der Waals surface area contributed by atoms with Crippen LogP contribution in [0, 0.1) is 5.82 Å². The molecule has 0 saturated carbocycles. The molecule has 128 valence electrons. The van der Waals surface area contributed by atoms with E-state index in [0.717, 1.165) is 11.1 Å². The van der Waals surface area contributed by atoms with E-state index in [1.165, 1.54) is 12.1 Å². The summed E-state index contributed by atoms with van der Waals surface area (Å²) in [5.41, 5.74) is 2.19. The lowest BCUT2D eigenvalue weighted by atomic mass is 10.1. The first-order valence-corrected chi connectivity index (χ1v) is 7.86. The maximum absolute atomic E-state index is 13.0. The summed E-state index contributed by atoms with van der Waals surface area (Å²) in [5, 5.41) is 2.91. The first kappa shape index (κ1) is 17.9. The summed E-state index contributed by atoms with van der Waals surface area (Å²) in [6, 6.07) is 11.1. The zero-order valence-corrected chi connectivity index (χ0v) is 14.1. The van der Waals surface area contributed by atoms with Crippen molar-refractivity contribution < 1.29 is 18.7 Å². The molecule has 0 heterocycles. The third-order valence-corrected chi connectivity index (χ3v) is 3.64. The van der Waals surface area contributed by atoms with E-state index in [4.69, 9.17) is 9.47 Å². The number of rotatable bonds is 7. The highest BCUT2D eigenvalue weighted by molar-refractivity contribution is 5.94. The van der Waals surface area contributed by atoms with Gasteiger partial charge in [0.1, 0.15) is 11.6 Å². The van der Waals surface area contributed by atoms with Crippen molar-refractivity contribution in [1.82, 2.24) is 5.32 Å². The molecule has 0 aliphatic rings. The Morgan fingerprint density at radius 3 is 2.54 bits per heavy atom. The number of carbonyl (C=O) groups excluding carboxylic acids is 1. The molecule has 2 rings (SSSR count). The van der Waals surface area contributed by atoms with Gasteiger partial charge in [-0.1, -0.05) is 12.1 Å². The Morgan fingerprint density at radius 1 is 1.21 bits per heavy atom. The van der Waals surface area contributed by atoms with Crippen molar-refractivity contribution >= 4 is 5.91 Å². The number of halogens is 1. The lowest BCUT2D eigenvalue weighted by molar-refractivity contribution is 0.0939. The monoisotopic (exact) mass is 331 g/mol. The van der Waals surface area contributed by atoms with E-state index in [1.807, 2.05) is 13.8 Å². The largest absolute Gasteiger partial charge is 0.494 e. The molecular weight excluding hydrogens is 309 g/mol. The summed E-state index contributed by atoms with van der Waals surface area (Å²) in [5.74, 6) is 0.211. The van der Waals surface area contributed by atoms with Gasteiger partial charge in [0.25, 0.3) is 5.91 Å². The number of benzene rings is 2. The Morgan fingerprint density at radius 2 is 1.92 bits per heavy atom. The number of carbonyl (C=O) groups is 1. The highest BCUT2D eigenvalue weighted by Crippen LogP contribution is 2.22. The van der Waals surface area contributed by atoms with E-state index in [2.05, 4.69) is 5.32 Å². The fraction of sp³-hybridized carbons (Fsp3) is 0.316. The fourth-order valence-electron chi connectivity index (χ4n) is 2.40. The van der Waals surface area contributed by atoms with Crippen LogP contribution in [-0.2, 0) is 11.3 Å². The molecule has 4 nitrogen and oxygen atoms in total. The summed E-state index contributed by atoms with van der Waals surface area (Å²) in [4.78, 5) is 12.5. The lowest BCUT2D eigenvalue weighted by Gasteiger charge is -2.16. The van der Waals surface area contributed by atoms with Crippen molar-refractivity contribution in [3.8, 4) is 5.75 Å². The molecule has 0 aliphatic heterocycles. The number of ether oxygens (including phenoxy) is 2. The molecule has 0 fully saturated rings. The lowest BCUT2D eigenvalue weighted by Crippen LogP contribution is -2.26. The van der Waals surface area contributed by atoms with Crippen molar-refractivity contribution in [3.05, 3.63) is 65.0 Å². The molecule has 0 aromatic heterocycles. The van der Waals surface area contributed by atoms with Crippen molar-refractivity contribution in [3.63, 3.8) is 0 Å². The minimum absolute atomic E-state index is 0.202. The topological polar surface area (TPSA) is 47.6 Å². The fourth-order valence-corrected chi connectivity index (χ4v) is 2.40. The standard InChI is InChI=1S/C19H22FNO3/c1-4-24-18-10-7-15(11-16(18)12-23-3)19(22)21-13(2)14-5-8-17(20)9-6-14/h5-11,13H,4,12H2,1-3H3,(H,21,22). The Labute approximate surface area is 141 Å². The van der Waals surface area contributed by atoms with Gasteiger partial charge in [-0.15, -0.1) is 0 Å². The van der Waals surface area contributed by atoms with Crippen LogP contribution in [0.2, 0.25) is 0 Å². The molecule has 1 atom stereocenters. The molecule has 24 heavy (non-hydrogen) atoms. The number of hydrogen-bond donors (Lipinski definition) is 1. The summed E-state index contributed by atoms with van der Waals surface area (Å²) in [6.07, 6.45) is 0. The third kappa shape index (κ3) is 4.55. The Bertz CT molecular complexity index is 686. The average Bonchev–Trinajstić information content (AvgIpc) is 2.57. The maximum atomic E-state index is 13.0. The van der Waals surface area contributed by atoms with Crippen LogP contribution < -0.4 is 10.1 Å². The second kappa shape index (κ2) is 8.45. The van der Waals surface area contributed by atoms with Gasteiger partial charge < -0.3 is 14.8 Å². The minimum Gasteiger partial charge on any atom is -0.494 e. The maximum Gasteiger partial charge on any atom is 0.251 e. The van der Waals surface area contributed by atoms with Gasteiger partial charge in [-0.3, -0.25) is 4.79 Å². The zero-order chi connectivity index (χ0) is 17.5. The van der Waals surface area contributed by atoms with Gasteiger partial charge in [0.15, 0.2) is 0 Å². The highest BCUT2D eigenvalue weighted by atomic mass is 19.1. The van der Waals surface area contributed by atoms with Crippen LogP contribution in [0.1, 0.15) is 41.4 Å². The van der Waals surface area contributed by atoms with E-state index in [0.29, 0.717) is 24.5 Å². The summed E-state index contributed by atoms with van der Waals surface area (Å²) in [7, 11) is 1.60. The van der Waals surface area contributed by atoms with Crippen molar-refractivity contribution in [2.75, 3.05) is 13.7 Å². The molecule has 0 spiro atoms.